The van der Waals surface area contributed by atoms with Gasteiger partial charge in [0.15, 0.2) is 0 Å². The van der Waals surface area contributed by atoms with Crippen LogP contribution in [0.1, 0.15) is 32.1 Å². The molecule has 0 heterocycles. The molecule has 2 aliphatic carbocycles. The Morgan fingerprint density at radius 1 is 1.00 bits per heavy atom. The summed E-state index contributed by atoms with van der Waals surface area (Å²) in [6.07, 6.45) is 6.07. The molecule has 2 fully saturated rings. The lowest BCUT2D eigenvalue weighted by atomic mass is 9.92. The first kappa shape index (κ1) is 8.85. The SMILES string of the molecule is CN(C(=O)N(C)C1CC1)C1CCC1. The van der Waals surface area contributed by atoms with Crippen LogP contribution >= 0.6 is 0 Å². The van der Waals surface area contributed by atoms with Crippen molar-refractivity contribution in [3.63, 3.8) is 0 Å². The van der Waals surface area contributed by atoms with E-state index in [-0.39, 0.29) is 6.03 Å². The van der Waals surface area contributed by atoms with E-state index in [1.165, 1.54) is 32.1 Å². The Bertz CT molecular complexity index is 209. The average molecular weight is 182 g/mol. The van der Waals surface area contributed by atoms with Crippen LogP contribution in [0.3, 0.4) is 0 Å². The highest BCUT2D eigenvalue weighted by Gasteiger charge is 2.34. The largest absolute Gasteiger partial charge is 0.325 e. The van der Waals surface area contributed by atoms with Crippen molar-refractivity contribution in [2.75, 3.05) is 14.1 Å². The summed E-state index contributed by atoms with van der Waals surface area (Å²) in [6.45, 7) is 0. The topological polar surface area (TPSA) is 23.6 Å². The zero-order valence-corrected chi connectivity index (χ0v) is 8.49. The van der Waals surface area contributed by atoms with Crippen LogP contribution in [-0.2, 0) is 0 Å². The van der Waals surface area contributed by atoms with E-state index in [1.54, 1.807) is 0 Å². The zero-order valence-electron chi connectivity index (χ0n) is 8.49. The van der Waals surface area contributed by atoms with Crippen LogP contribution in [0.15, 0.2) is 0 Å². The first-order valence-corrected chi connectivity index (χ1v) is 5.20. The van der Waals surface area contributed by atoms with Crippen molar-refractivity contribution in [3.05, 3.63) is 0 Å². The molecular weight excluding hydrogens is 164 g/mol. The molecule has 13 heavy (non-hydrogen) atoms. The molecule has 3 heteroatoms. The third-order valence-electron chi connectivity index (χ3n) is 3.32. The normalized spacial score (nSPS) is 22.3. The fourth-order valence-corrected chi connectivity index (χ4v) is 1.80. The van der Waals surface area contributed by atoms with Crippen molar-refractivity contribution in [2.45, 2.75) is 44.2 Å². The van der Waals surface area contributed by atoms with Gasteiger partial charge in [0.25, 0.3) is 0 Å². The maximum Gasteiger partial charge on any atom is 0.319 e. The van der Waals surface area contributed by atoms with Crippen LogP contribution in [0.5, 0.6) is 0 Å². The van der Waals surface area contributed by atoms with E-state index in [1.807, 2.05) is 23.9 Å². The van der Waals surface area contributed by atoms with E-state index < -0.39 is 0 Å². The van der Waals surface area contributed by atoms with Gasteiger partial charge in [-0.1, -0.05) is 0 Å². The highest BCUT2D eigenvalue weighted by Crippen LogP contribution is 2.29. The molecule has 0 N–H and O–H groups in total. The van der Waals surface area contributed by atoms with E-state index >= 15 is 0 Å². The lowest BCUT2D eigenvalue weighted by Gasteiger charge is -2.37. The van der Waals surface area contributed by atoms with Gasteiger partial charge >= 0.3 is 6.03 Å². The van der Waals surface area contributed by atoms with Gasteiger partial charge in [-0.25, -0.2) is 4.79 Å². The molecule has 0 bridgehead atoms. The predicted octanol–water partition coefficient (Wildman–Crippen LogP) is 1.68. The van der Waals surface area contributed by atoms with Gasteiger partial charge in [0.1, 0.15) is 0 Å². The number of hydrogen-bond acceptors (Lipinski definition) is 1. The average Bonchev–Trinajstić information content (AvgIpc) is 2.80. The van der Waals surface area contributed by atoms with E-state index in [9.17, 15) is 4.79 Å². The lowest BCUT2D eigenvalue weighted by Crippen LogP contribution is -2.47. The van der Waals surface area contributed by atoms with Crippen molar-refractivity contribution in [1.82, 2.24) is 9.80 Å². The molecule has 0 aromatic carbocycles. The molecule has 0 aliphatic heterocycles. The molecule has 0 saturated heterocycles. The molecule has 2 rings (SSSR count). The quantitative estimate of drug-likeness (QED) is 0.637. The third kappa shape index (κ3) is 1.64. The minimum Gasteiger partial charge on any atom is -0.325 e. The van der Waals surface area contributed by atoms with Crippen LogP contribution in [0.2, 0.25) is 0 Å². The Morgan fingerprint density at radius 2 is 1.46 bits per heavy atom. The predicted molar refractivity (Wildman–Crippen MR) is 51.6 cm³/mol. The van der Waals surface area contributed by atoms with E-state index in [2.05, 4.69) is 0 Å². The summed E-state index contributed by atoms with van der Waals surface area (Å²) in [4.78, 5) is 15.6. The van der Waals surface area contributed by atoms with Gasteiger partial charge < -0.3 is 9.80 Å². The summed E-state index contributed by atoms with van der Waals surface area (Å²) < 4.78 is 0. The fourth-order valence-electron chi connectivity index (χ4n) is 1.80. The Labute approximate surface area is 79.7 Å². The van der Waals surface area contributed by atoms with Crippen LogP contribution in [0.4, 0.5) is 4.79 Å². The smallest absolute Gasteiger partial charge is 0.319 e. The Balaban J connectivity index is 1.86. The van der Waals surface area contributed by atoms with Crippen LogP contribution in [0, 0.1) is 0 Å². The second kappa shape index (κ2) is 3.20. The molecule has 2 amide bonds. The third-order valence-corrected chi connectivity index (χ3v) is 3.32. The van der Waals surface area contributed by atoms with E-state index in [0.717, 1.165) is 0 Å². The second-order valence-electron chi connectivity index (χ2n) is 4.32. The van der Waals surface area contributed by atoms with Crippen LogP contribution in [0.25, 0.3) is 0 Å². The Morgan fingerprint density at radius 3 is 1.77 bits per heavy atom. The molecule has 3 nitrogen and oxygen atoms in total. The van der Waals surface area contributed by atoms with Gasteiger partial charge in [-0.3, -0.25) is 0 Å². The number of hydrogen-bond donors (Lipinski definition) is 0. The highest BCUT2D eigenvalue weighted by atomic mass is 16.2. The van der Waals surface area contributed by atoms with Crippen LogP contribution < -0.4 is 0 Å². The molecule has 0 radical (unpaired) electrons. The molecule has 0 unspecified atom stereocenters. The first-order chi connectivity index (χ1) is 6.20. The molecule has 0 aromatic rings. The Hall–Kier alpha value is -0.730. The highest BCUT2D eigenvalue weighted by molar-refractivity contribution is 5.75. The summed E-state index contributed by atoms with van der Waals surface area (Å²) >= 11 is 0. The lowest BCUT2D eigenvalue weighted by molar-refractivity contribution is 0.128. The summed E-state index contributed by atoms with van der Waals surface area (Å²) in [5.74, 6) is 0. The number of urea groups is 1. The summed E-state index contributed by atoms with van der Waals surface area (Å²) in [5.41, 5.74) is 0. The number of carbonyl (C=O) groups is 1. The molecule has 74 valence electrons. The number of rotatable bonds is 2. The fraction of sp³-hybridized carbons (Fsp3) is 0.900. The van der Waals surface area contributed by atoms with Crippen molar-refractivity contribution in [1.29, 1.82) is 0 Å². The van der Waals surface area contributed by atoms with Crippen molar-refractivity contribution < 1.29 is 4.79 Å². The molecule has 2 saturated carbocycles. The van der Waals surface area contributed by atoms with E-state index in [0.29, 0.717) is 12.1 Å². The van der Waals surface area contributed by atoms with Crippen molar-refractivity contribution in [2.24, 2.45) is 0 Å². The minimum absolute atomic E-state index is 0.215. The van der Waals surface area contributed by atoms with Gasteiger partial charge in [-0.2, -0.15) is 0 Å². The van der Waals surface area contributed by atoms with E-state index in [4.69, 9.17) is 0 Å². The molecule has 0 aromatic heterocycles. The van der Waals surface area contributed by atoms with Crippen molar-refractivity contribution in [3.8, 4) is 0 Å². The van der Waals surface area contributed by atoms with Gasteiger partial charge in [0.2, 0.25) is 0 Å². The summed E-state index contributed by atoms with van der Waals surface area (Å²) in [7, 11) is 3.86. The van der Waals surface area contributed by atoms with Crippen molar-refractivity contribution >= 4 is 6.03 Å². The summed E-state index contributed by atoms with van der Waals surface area (Å²) in [6, 6.07) is 1.27. The first-order valence-electron chi connectivity index (χ1n) is 5.20. The molecule has 0 spiro atoms. The molecular formula is C10H18N2O. The maximum absolute atomic E-state index is 11.8. The van der Waals surface area contributed by atoms with Gasteiger partial charge in [-0.05, 0) is 32.1 Å². The summed E-state index contributed by atoms with van der Waals surface area (Å²) in [5, 5.41) is 0. The Kier molecular flexibility index (Phi) is 2.18. The number of nitrogens with zero attached hydrogens (tertiary/aromatic N) is 2. The molecule has 2 aliphatic rings. The number of carbonyl (C=O) groups excluding carboxylic acids is 1. The second-order valence-corrected chi connectivity index (χ2v) is 4.32. The van der Waals surface area contributed by atoms with Gasteiger partial charge in [0.05, 0.1) is 0 Å². The van der Waals surface area contributed by atoms with Gasteiger partial charge in [-0.15, -0.1) is 0 Å². The van der Waals surface area contributed by atoms with Crippen LogP contribution in [-0.4, -0.2) is 42.0 Å². The monoisotopic (exact) mass is 182 g/mol. The maximum atomic E-state index is 11.8. The minimum atomic E-state index is 0.215. The number of amides is 2. The molecule has 0 atom stereocenters. The zero-order chi connectivity index (χ0) is 9.42. The van der Waals surface area contributed by atoms with Gasteiger partial charge in [0, 0.05) is 26.2 Å². The standard InChI is InChI=1S/C10H18N2O/c1-11(8-4-3-5-8)10(13)12(2)9-6-7-9/h8-9H,3-7H2,1-2H3.